The topological polar surface area (TPSA) is 29.3 Å². The van der Waals surface area contributed by atoms with E-state index in [0.717, 1.165) is 19.0 Å². The standard InChI is InChI=1S/C10H20N2/c1-2-5-10(11)7-12(8-10)6-9-3-4-9/h9H,2-8,11H2,1H3. The molecule has 0 bridgehead atoms. The average molecular weight is 168 g/mol. The van der Waals surface area contributed by atoms with Gasteiger partial charge in [-0.3, -0.25) is 4.90 Å². The van der Waals surface area contributed by atoms with Gasteiger partial charge in [-0.15, -0.1) is 0 Å². The summed E-state index contributed by atoms with van der Waals surface area (Å²) in [5, 5.41) is 0. The summed E-state index contributed by atoms with van der Waals surface area (Å²) in [7, 11) is 0. The predicted octanol–water partition coefficient (Wildman–Crippen LogP) is 1.21. The Morgan fingerprint density at radius 1 is 1.42 bits per heavy atom. The van der Waals surface area contributed by atoms with E-state index in [1.54, 1.807) is 0 Å². The first-order valence-corrected chi connectivity index (χ1v) is 5.23. The van der Waals surface area contributed by atoms with Gasteiger partial charge in [-0.2, -0.15) is 0 Å². The molecule has 0 radical (unpaired) electrons. The van der Waals surface area contributed by atoms with E-state index in [1.165, 1.54) is 32.2 Å². The molecule has 12 heavy (non-hydrogen) atoms. The molecule has 0 aromatic heterocycles. The van der Waals surface area contributed by atoms with Crippen LogP contribution in [0.25, 0.3) is 0 Å². The van der Waals surface area contributed by atoms with Gasteiger partial charge in [0, 0.05) is 25.2 Å². The molecule has 2 rings (SSSR count). The third-order valence-corrected chi connectivity index (χ3v) is 3.04. The molecular weight excluding hydrogens is 148 g/mol. The Balaban J connectivity index is 1.67. The molecular formula is C10H20N2. The molecule has 0 spiro atoms. The van der Waals surface area contributed by atoms with Crippen molar-refractivity contribution in [2.75, 3.05) is 19.6 Å². The molecule has 2 aliphatic rings. The molecule has 1 aliphatic heterocycles. The number of likely N-dealkylation sites (tertiary alicyclic amines) is 1. The molecule has 0 amide bonds. The first-order chi connectivity index (χ1) is 5.72. The maximum atomic E-state index is 6.16. The Morgan fingerprint density at radius 2 is 2.08 bits per heavy atom. The van der Waals surface area contributed by atoms with Crippen molar-refractivity contribution in [2.45, 2.75) is 38.1 Å². The SMILES string of the molecule is CCCC1(N)CN(CC2CC2)C1. The summed E-state index contributed by atoms with van der Waals surface area (Å²) in [5.41, 5.74) is 6.34. The van der Waals surface area contributed by atoms with Crippen LogP contribution in [0.2, 0.25) is 0 Å². The van der Waals surface area contributed by atoms with E-state index in [4.69, 9.17) is 5.73 Å². The summed E-state index contributed by atoms with van der Waals surface area (Å²) in [6, 6.07) is 0. The Kier molecular flexibility index (Phi) is 2.13. The fourth-order valence-corrected chi connectivity index (χ4v) is 2.30. The lowest BCUT2D eigenvalue weighted by Gasteiger charge is -2.48. The third-order valence-electron chi connectivity index (χ3n) is 3.04. The van der Waals surface area contributed by atoms with Gasteiger partial charge in [0.05, 0.1) is 0 Å². The molecule has 1 aliphatic carbocycles. The first-order valence-electron chi connectivity index (χ1n) is 5.23. The number of rotatable bonds is 4. The van der Waals surface area contributed by atoms with Crippen molar-refractivity contribution < 1.29 is 0 Å². The highest BCUT2D eigenvalue weighted by molar-refractivity contribution is 5.00. The van der Waals surface area contributed by atoms with Gasteiger partial charge in [-0.05, 0) is 25.2 Å². The van der Waals surface area contributed by atoms with Crippen molar-refractivity contribution in [3.05, 3.63) is 0 Å². The Hall–Kier alpha value is -0.0800. The quantitative estimate of drug-likeness (QED) is 0.683. The van der Waals surface area contributed by atoms with Crippen LogP contribution >= 0.6 is 0 Å². The molecule has 0 atom stereocenters. The van der Waals surface area contributed by atoms with Gasteiger partial charge in [-0.1, -0.05) is 13.3 Å². The minimum Gasteiger partial charge on any atom is -0.323 e. The van der Waals surface area contributed by atoms with Gasteiger partial charge in [0.1, 0.15) is 0 Å². The van der Waals surface area contributed by atoms with Crippen LogP contribution in [-0.4, -0.2) is 30.1 Å². The van der Waals surface area contributed by atoms with Crippen LogP contribution in [0, 0.1) is 5.92 Å². The second-order valence-corrected chi connectivity index (χ2v) is 4.73. The van der Waals surface area contributed by atoms with Gasteiger partial charge in [-0.25, -0.2) is 0 Å². The highest BCUT2D eigenvalue weighted by atomic mass is 15.2. The Bertz CT molecular complexity index is 157. The minimum atomic E-state index is 0.184. The maximum Gasteiger partial charge on any atom is 0.0412 e. The van der Waals surface area contributed by atoms with E-state index in [9.17, 15) is 0 Å². The summed E-state index contributed by atoms with van der Waals surface area (Å²) >= 11 is 0. The number of nitrogens with two attached hydrogens (primary N) is 1. The van der Waals surface area contributed by atoms with Crippen molar-refractivity contribution in [2.24, 2.45) is 11.7 Å². The zero-order valence-corrected chi connectivity index (χ0v) is 8.05. The molecule has 0 aromatic carbocycles. The average Bonchev–Trinajstić information content (AvgIpc) is 2.68. The molecule has 2 fully saturated rings. The van der Waals surface area contributed by atoms with Gasteiger partial charge >= 0.3 is 0 Å². The fourth-order valence-electron chi connectivity index (χ4n) is 2.30. The monoisotopic (exact) mass is 168 g/mol. The van der Waals surface area contributed by atoms with Crippen LogP contribution in [-0.2, 0) is 0 Å². The molecule has 2 N–H and O–H groups in total. The molecule has 0 aromatic rings. The highest BCUT2D eigenvalue weighted by Gasteiger charge is 2.40. The van der Waals surface area contributed by atoms with E-state index in [2.05, 4.69) is 11.8 Å². The zero-order valence-electron chi connectivity index (χ0n) is 8.05. The van der Waals surface area contributed by atoms with Gasteiger partial charge < -0.3 is 5.73 Å². The Morgan fingerprint density at radius 3 is 2.58 bits per heavy atom. The Labute approximate surface area is 75.1 Å². The number of hydrogen-bond donors (Lipinski definition) is 1. The number of hydrogen-bond acceptors (Lipinski definition) is 2. The van der Waals surface area contributed by atoms with Gasteiger partial charge in [0.2, 0.25) is 0 Å². The van der Waals surface area contributed by atoms with E-state index in [0.29, 0.717) is 0 Å². The second-order valence-electron chi connectivity index (χ2n) is 4.73. The molecule has 1 heterocycles. The second kappa shape index (κ2) is 3.00. The fraction of sp³-hybridized carbons (Fsp3) is 1.00. The van der Waals surface area contributed by atoms with Crippen LogP contribution in [0.1, 0.15) is 32.6 Å². The summed E-state index contributed by atoms with van der Waals surface area (Å²) in [4.78, 5) is 2.52. The molecule has 70 valence electrons. The van der Waals surface area contributed by atoms with Crippen LogP contribution in [0.3, 0.4) is 0 Å². The molecule has 1 saturated carbocycles. The van der Waals surface area contributed by atoms with E-state index >= 15 is 0 Å². The largest absolute Gasteiger partial charge is 0.323 e. The van der Waals surface area contributed by atoms with Crippen LogP contribution < -0.4 is 5.73 Å². The van der Waals surface area contributed by atoms with E-state index < -0.39 is 0 Å². The molecule has 0 unspecified atom stereocenters. The lowest BCUT2D eigenvalue weighted by Crippen LogP contribution is -2.67. The third kappa shape index (κ3) is 1.80. The van der Waals surface area contributed by atoms with Crippen molar-refractivity contribution >= 4 is 0 Å². The van der Waals surface area contributed by atoms with E-state index in [1.807, 2.05) is 0 Å². The van der Waals surface area contributed by atoms with Crippen LogP contribution in [0.15, 0.2) is 0 Å². The van der Waals surface area contributed by atoms with Crippen molar-refractivity contribution in [3.8, 4) is 0 Å². The number of nitrogens with zero attached hydrogens (tertiary/aromatic N) is 1. The zero-order chi connectivity index (χ0) is 8.60. The lowest BCUT2D eigenvalue weighted by molar-refractivity contribution is 0.0596. The van der Waals surface area contributed by atoms with Gasteiger partial charge in [0.25, 0.3) is 0 Å². The first kappa shape index (κ1) is 8.52. The van der Waals surface area contributed by atoms with Crippen molar-refractivity contribution in [1.29, 1.82) is 0 Å². The minimum absolute atomic E-state index is 0.184. The van der Waals surface area contributed by atoms with Crippen LogP contribution in [0.5, 0.6) is 0 Å². The van der Waals surface area contributed by atoms with Crippen molar-refractivity contribution in [1.82, 2.24) is 4.90 Å². The molecule has 1 saturated heterocycles. The highest BCUT2D eigenvalue weighted by Crippen LogP contribution is 2.33. The summed E-state index contributed by atoms with van der Waals surface area (Å²) in [6.45, 7) is 5.84. The molecule has 2 nitrogen and oxygen atoms in total. The predicted molar refractivity (Wildman–Crippen MR) is 51.0 cm³/mol. The maximum absolute atomic E-state index is 6.16. The normalized spacial score (nSPS) is 28.5. The van der Waals surface area contributed by atoms with Crippen LogP contribution in [0.4, 0.5) is 0 Å². The summed E-state index contributed by atoms with van der Waals surface area (Å²) in [5.74, 6) is 1.02. The molecule has 2 heteroatoms. The summed E-state index contributed by atoms with van der Waals surface area (Å²) in [6.07, 6.45) is 5.35. The smallest absolute Gasteiger partial charge is 0.0412 e. The van der Waals surface area contributed by atoms with Gasteiger partial charge in [0.15, 0.2) is 0 Å². The van der Waals surface area contributed by atoms with E-state index in [-0.39, 0.29) is 5.54 Å². The lowest BCUT2D eigenvalue weighted by atomic mass is 9.86. The summed E-state index contributed by atoms with van der Waals surface area (Å²) < 4.78 is 0. The van der Waals surface area contributed by atoms with Crippen molar-refractivity contribution in [3.63, 3.8) is 0 Å².